The zero-order valence-corrected chi connectivity index (χ0v) is 11.9. The summed E-state index contributed by atoms with van der Waals surface area (Å²) >= 11 is 3.22. The Morgan fingerprint density at radius 2 is 2.41 bits per heavy atom. The van der Waals surface area contributed by atoms with Gasteiger partial charge in [0.25, 0.3) is 0 Å². The first-order valence-electron chi connectivity index (χ1n) is 5.76. The topological polar surface area (TPSA) is 49.3 Å². The number of carbonyl (C=O) groups is 1. The van der Waals surface area contributed by atoms with Crippen molar-refractivity contribution in [1.29, 1.82) is 0 Å². The molecule has 1 unspecified atom stereocenters. The second-order valence-corrected chi connectivity index (χ2v) is 6.16. The second kappa shape index (κ2) is 7.74. The van der Waals surface area contributed by atoms with E-state index in [9.17, 15) is 4.79 Å². The van der Waals surface area contributed by atoms with Gasteiger partial charge >= 0.3 is 5.97 Å². The first-order chi connectivity index (χ1) is 8.15. The molecule has 1 heterocycles. The summed E-state index contributed by atoms with van der Waals surface area (Å²) in [5, 5.41) is 14.2. The van der Waals surface area contributed by atoms with Crippen molar-refractivity contribution < 1.29 is 9.90 Å². The lowest BCUT2D eigenvalue weighted by Crippen LogP contribution is -2.26. The minimum absolute atomic E-state index is 0.426. The van der Waals surface area contributed by atoms with E-state index in [1.54, 1.807) is 0 Å². The fourth-order valence-corrected chi connectivity index (χ4v) is 3.02. The minimum Gasteiger partial charge on any atom is -0.477 e. The highest BCUT2D eigenvalue weighted by Gasteiger charge is 2.11. The van der Waals surface area contributed by atoms with Crippen molar-refractivity contribution in [2.24, 2.45) is 0 Å². The first-order valence-corrected chi connectivity index (χ1v) is 7.79. The van der Waals surface area contributed by atoms with Crippen LogP contribution >= 0.6 is 23.1 Å². The fraction of sp³-hybridized carbons (Fsp3) is 0.583. The molecule has 0 aliphatic heterocycles. The molecule has 5 heteroatoms. The van der Waals surface area contributed by atoms with Crippen LogP contribution in [0.4, 0.5) is 0 Å². The van der Waals surface area contributed by atoms with E-state index < -0.39 is 5.97 Å². The Kier molecular flexibility index (Phi) is 6.62. The predicted octanol–water partition coefficient (Wildman–Crippen LogP) is 3.07. The maximum atomic E-state index is 10.9. The fourth-order valence-electron chi connectivity index (χ4n) is 1.45. The van der Waals surface area contributed by atoms with Gasteiger partial charge in [-0.1, -0.05) is 6.92 Å². The molecule has 0 aliphatic carbocycles. The third-order valence-corrected chi connectivity index (χ3v) is 4.36. The Balaban J connectivity index is 2.34. The minimum atomic E-state index is -0.828. The van der Waals surface area contributed by atoms with Crippen LogP contribution in [0.3, 0.4) is 0 Å². The molecule has 96 valence electrons. The van der Waals surface area contributed by atoms with Gasteiger partial charge in [0.15, 0.2) is 0 Å². The number of nitrogens with one attached hydrogen (secondary N) is 1. The van der Waals surface area contributed by atoms with Crippen LogP contribution in [-0.2, 0) is 6.54 Å². The quantitative estimate of drug-likeness (QED) is 0.715. The van der Waals surface area contributed by atoms with Gasteiger partial charge in [-0.3, -0.25) is 0 Å². The number of thiophene rings is 1. The molecule has 0 aromatic carbocycles. The molecule has 17 heavy (non-hydrogen) atoms. The molecule has 1 aromatic heterocycles. The molecule has 0 radical (unpaired) electrons. The van der Waals surface area contributed by atoms with E-state index in [-0.39, 0.29) is 0 Å². The van der Waals surface area contributed by atoms with Gasteiger partial charge < -0.3 is 10.4 Å². The number of hydrogen-bond donors (Lipinski definition) is 2. The average Bonchev–Trinajstić information content (AvgIpc) is 2.75. The third kappa shape index (κ3) is 5.10. The van der Waals surface area contributed by atoms with Gasteiger partial charge in [0, 0.05) is 12.6 Å². The lowest BCUT2D eigenvalue weighted by molar-refractivity contribution is 0.0701. The van der Waals surface area contributed by atoms with Gasteiger partial charge in [0.2, 0.25) is 0 Å². The molecule has 1 aromatic rings. The summed E-state index contributed by atoms with van der Waals surface area (Å²) in [6, 6.07) is 2.31. The molecular weight excluding hydrogens is 254 g/mol. The maximum Gasteiger partial charge on any atom is 0.346 e. The van der Waals surface area contributed by atoms with Crippen LogP contribution < -0.4 is 5.32 Å². The second-order valence-electron chi connectivity index (χ2n) is 3.85. The van der Waals surface area contributed by atoms with Crippen molar-refractivity contribution in [2.45, 2.75) is 32.9 Å². The molecule has 1 rings (SSSR count). The Bertz CT molecular complexity index is 352. The van der Waals surface area contributed by atoms with Crippen molar-refractivity contribution >= 4 is 29.1 Å². The van der Waals surface area contributed by atoms with Gasteiger partial charge in [-0.2, -0.15) is 11.8 Å². The van der Waals surface area contributed by atoms with E-state index in [0.29, 0.717) is 17.5 Å². The van der Waals surface area contributed by atoms with Crippen LogP contribution in [0.15, 0.2) is 11.4 Å². The predicted molar refractivity (Wildman–Crippen MR) is 75.2 cm³/mol. The first kappa shape index (κ1) is 14.5. The standard InChI is InChI=1S/C12H19NO2S2/c1-3-16-6-4-9(2)13-8-10-5-7-17-11(10)12(14)15/h5,7,9,13H,3-4,6,8H2,1-2H3,(H,14,15). The summed E-state index contributed by atoms with van der Waals surface area (Å²) in [7, 11) is 0. The summed E-state index contributed by atoms with van der Waals surface area (Å²) in [5.41, 5.74) is 0.887. The maximum absolute atomic E-state index is 10.9. The van der Waals surface area contributed by atoms with Crippen LogP contribution in [-0.4, -0.2) is 28.6 Å². The zero-order valence-electron chi connectivity index (χ0n) is 10.2. The van der Waals surface area contributed by atoms with Gasteiger partial charge in [-0.15, -0.1) is 11.3 Å². The summed E-state index contributed by atoms with van der Waals surface area (Å²) in [6.07, 6.45) is 1.12. The third-order valence-electron chi connectivity index (χ3n) is 2.48. The highest BCUT2D eigenvalue weighted by Crippen LogP contribution is 2.16. The Hall–Kier alpha value is -0.520. The number of hydrogen-bond acceptors (Lipinski definition) is 4. The molecule has 0 amide bonds. The van der Waals surface area contributed by atoms with Crippen molar-refractivity contribution in [2.75, 3.05) is 11.5 Å². The van der Waals surface area contributed by atoms with E-state index >= 15 is 0 Å². The number of thioether (sulfide) groups is 1. The molecule has 0 spiro atoms. The van der Waals surface area contributed by atoms with Crippen molar-refractivity contribution in [3.63, 3.8) is 0 Å². The van der Waals surface area contributed by atoms with Crippen LogP contribution in [0.5, 0.6) is 0 Å². The summed E-state index contributed by atoms with van der Waals surface area (Å²) in [6.45, 7) is 4.94. The molecule has 0 saturated carbocycles. The van der Waals surface area contributed by atoms with E-state index in [4.69, 9.17) is 5.11 Å². The lowest BCUT2D eigenvalue weighted by Gasteiger charge is -2.13. The van der Waals surface area contributed by atoms with Crippen molar-refractivity contribution in [3.8, 4) is 0 Å². The van der Waals surface area contributed by atoms with E-state index in [1.807, 2.05) is 23.2 Å². The molecular formula is C12H19NO2S2. The van der Waals surface area contributed by atoms with Crippen molar-refractivity contribution in [1.82, 2.24) is 5.32 Å². The normalized spacial score (nSPS) is 12.6. The highest BCUT2D eigenvalue weighted by atomic mass is 32.2. The van der Waals surface area contributed by atoms with Gasteiger partial charge in [-0.25, -0.2) is 4.79 Å². The average molecular weight is 273 g/mol. The van der Waals surface area contributed by atoms with Gasteiger partial charge in [-0.05, 0) is 41.9 Å². The van der Waals surface area contributed by atoms with Crippen LogP contribution in [0.2, 0.25) is 0 Å². The smallest absolute Gasteiger partial charge is 0.346 e. The van der Waals surface area contributed by atoms with Crippen LogP contribution in [0.1, 0.15) is 35.5 Å². The number of aromatic carboxylic acids is 1. The Morgan fingerprint density at radius 1 is 1.65 bits per heavy atom. The molecule has 1 atom stereocenters. The number of carboxylic acid groups (broad SMARTS) is 1. The Morgan fingerprint density at radius 3 is 3.06 bits per heavy atom. The molecule has 0 fully saturated rings. The molecule has 0 aliphatic rings. The molecule has 3 nitrogen and oxygen atoms in total. The Labute approximate surface area is 111 Å². The van der Waals surface area contributed by atoms with Crippen LogP contribution in [0.25, 0.3) is 0 Å². The zero-order chi connectivity index (χ0) is 12.7. The SMILES string of the molecule is CCSCCC(C)NCc1ccsc1C(=O)O. The summed E-state index contributed by atoms with van der Waals surface area (Å²) in [5.74, 6) is 1.48. The molecule has 2 N–H and O–H groups in total. The van der Waals surface area contributed by atoms with Gasteiger partial charge in [0.1, 0.15) is 4.88 Å². The van der Waals surface area contributed by atoms with E-state index in [0.717, 1.165) is 23.5 Å². The highest BCUT2D eigenvalue weighted by molar-refractivity contribution is 7.99. The van der Waals surface area contributed by atoms with Gasteiger partial charge in [0.05, 0.1) is 0 Å². The van der Waals surface area contributed by atoms with E-state index in [2.05, 4.69) is 19.2 Å². The summed E-state index contributed by atoms with van der Waals surface area (Å²) < 4.78 is 0. The summed E-state index contributed by atoms with van der Waals surface area (Å²) in [4.78, 5) is 11.4. The molecule has 0 saturated heterocycles. The van der Waals surface area contributed by atoms with E-state index in [1.165, 1.54) is 11.3 Å². The van der Waals surface area contributed by atoms with Crippen LogP contribution in [0, 0.1) is 0 Å². The van der Waals surface area contributed by atoms with Crippen molar-refractivity contribution in [3.05, 3.63) is 21.9 Å². The lowest BCUT2D eigenvalue weighted by atomic mass is 10.2. The monoisotopic (exact) mass is 273 g/mol. The number of carboxylic acids is 1. The molecule has 0 bridgehead atoms. The largest absolute Gasteiger partial charge is 0.477 e. The number of rotatable bonds is 8.